The number of halogens is 3. The average Bonchev–Trinajstić information content (AvgIpc) is 3.23. The van der Waals surface area contributed by atoms with Crippen molar-refractivity contribution in [3.8, 4) is 11.4 Å². The van der Waals surface area contributed by atoms with Crippen molar-refractivity contribution < 1.29 is 27.8 Å². The van der Waals surface area contributed by atoms with Gasteiger partial charge in [0.1, 0.15) is 5.75 Å². The van der Waals surface area contributed by atoms with Crippen LogP contribution >= 0.6 is 10.0 Å². The van der Waals surface area contributed by atoms with E-state index < -0.39 is 34.3 Å². The molecule has 0 aliphatic carbocycles. The first-order chi connectivity index (χ1) is 15.9. The van der Waals surface area contributed by atoms with Gasteiger partial charge in [0.05, 0.1) is 16.9 Å². The Morgan fingerprint density at radius 3 is 2.32 bits per heavy atom. The summed E-state index contributed by atoms with van der Waals surface area (Å²) in [5, 5.41) is 13.7. The van der Waals surface area contributed by atoms with Crippen molar-refractivity contribution in [2.45, 2.75) is 49.6 Å². The zero-order valence-corrected chi connectivity index (χ0v) is 20.6. The highest BCUT2D eigenvalue weighted by Crippen LogP contribution is 2.61. The summed E-state index contributed by atoms with van der Waals surface area (Å²) in [6.07, 6.45) is -0.263. The molecule has 184 valence electrons. The summed E-state index contributed by atoms with van der Waals surface area (Å²) in [6.45, 7) is 7.68. The van der Waals surface area contributed by atoms with Crippen molar-refractivity contribution in [2.75, 3.05) is 18.6 Å². The number of ether oxygens (including phenoxy) is 1. The first-order valence-electron chi connectivity index (χ1n) is 10.9. The molecule has 1 atom stereocenters. The van der Waals surface area contributed by atoms with Gasteiger partial charge in [0.25, 0.3) is 0 Å². The molecule has 1 unspecified atom stereocenters. The van der Waals surface area contributed by atoms with Crippen molar-refractivity contribution in [3.63, 3.8) is 0 Å². The standard InChI is InChI=1S/C25H29F3N2O3S/c1-6-34(5,20-11-12-21(17(4)13-20)33-15-23(31)32)22-14-30(29-24(22)16(2)3)19-9-7-18(8-10-19)25(26,27)28/h7-14,16H,6,15H2,1-5H3,(H,31,32). The van der Waals surface area contributed by atoms with Gasteiger partial charge in [-0.05, 0) is 77.8 Å². The number of alkyl halides is 3. The summed E-state index contributed by atoms with van der Waals surface area (Å²) < 4.78 is 46.0. The second-order valence-electron chi connectivity index (χ2n) is 8.51. The van der Waals surface area contributed by atoms with Crippen molar-refractivity contribution in [1.82, 2.24) is 9.78 Å². The van der Waals surface area contributed by atoms with E-state index in [0.29, 0.717) is 11.4 Å². The van der Waals surface area contributed by atoms with Gasteiger partial charge >= 0.3 is 12.1 Å². The number of nitrogens with zero attached hydrogens (tertiary/aromatic N) is 2. The van der Waals surface area contributed by atoms with E-state index in [0.717, 1.165) is 38.9 Å². The van der Waals surface area contributed by atoms with Crippen LogP contribution in [0.2, 0.25) is 0 Å². The third kappa shape index (κ3) is 5.24. The Bertz CT molecular complexity index is 1170. The molecule has 0 spiro atoms. The topological polar surface area (TPSA) is 64.3 Å². The third-order valence-electron chi connectivity index (χ3n) is 5.79. The molecule has 0 radical (unpaired) electrons. The van der Waals surface area contributed by atoms with Gasteiger partial charge in [-0.3, -0.25) is 0 Å². The van der Waals surface area contributed by atoms with Gasteiger partial charge in [0, 0.05) is 11.1 Å². The van der Waals surface area contributed by atoms with E-state index >= 15 is 0 Å². The summed E-state index contributed by atoms with van der Waals surface area (Å²) in [7, 11) is -1.53. The number of carboxylic acids is 1. The minimum absolute atomic E-state index is 0.114. The van der Waals surface area contributed by atoms with E-state index in [2.05, 4.69) is 13.2 Å². The molecule has 3 rings (SSSR count). The minimum Gasteiger partial charge on any atom is -0.482 e. The number of rotatable bonds is 8. The van der Waals surface area contributed by atoms with Gasteiger partial charge in [-0.15, -0.1) is 0 Å². The quantitative estimate of drug-likeness (QED) is 0.380. The van der Waals surface area contributed by atoms with Crippen LogP contribution in [0.15, 0.2) is 58.5 Å². The number of carboxylic acid groups (broad SMARTS) is 1. The number of carbonyl (C=O) groups is 1. The predicted molar refractivity (Wildman–Crippen MR) is 128 cm³/mol. The molecule has 1 heterocycles. The van der Waals surface area contributed by atoms with E-state index in [1.54, 1.807) is 10.7 Å². The van der Waals surface area contributed by atoms with E-state index in [1.807, 2.05) is 39.1 Å². The average molecular weight is 495 g/mol. The van der Waals surface area contributed by atoms with Crippen molar-refractivity contribution in [2.24, 2.45) is 0 Å². The molecule has 9 heteroatoms. The Balaban J connectivity index is 2.05. The van der Waals surface area contributed by atoms with Crippen LogP contribution in [-0.2, 0) is 11.0 Å². The summed E-state index contributed by atoms with van der Waals surface area (Å²) in [5.41, 5.74) is 1.61. The van der Waals surface area contributed by atoms with Gasteiger partial charge in [-0.25, -0.2) is 9.48 Å². The molecule has 0 fully saturated rings. The van der Waals surface area contributed by atoms with Crippen molar-refractivity contribution in [1.29, 1.82) is 0 Å². The van der Waals surface area contributed by atoms with E-state index in [4.69, 9.17) is 14.9 Å². The zero-order valence-electron chi connectivity index (χ0n) is 19.8. The Morgan fingerprint density at radius 2 is 1.82 bits per heavy atom. The summed E-state index contributed by atoms with van der Waals surface area (Å²) in [5.74, 6) is 0.432. The van der Waals surface area contributed by atoms with Crippen LogP contribution in [0.1, 0.15) is 43.5 Å². The lowest BCUT2D eigenvalue weighted by molar-refractivity contribution is -0.139. The molecule has 0 aliphatic heterocycles. The lowest BCUT2D eigenvalue weighted by atomic mass is 10.1. The Kier molecular flexibility index (Phi) is 7.35. The molecule has 5 nitrogen and oxygen atoms in total. The Labute approximate surface area is 198 Å². The first kappa shape index (κ1) is 25.7. The van der Waals surface area contributed by atoms with Crippen LogP contribution in [0.25, 0.3) is 5.69 Å². The van der Waals surface area contributed by atoms with Crippen LogP contribution < -0.4 is 4.74 Å². The number of aryl methyl sites for hydroxylation is 1. The van der Waals surface area contributed by atoms with E-state index in [9.17, 15) is 18.0 Å². The molecule has 0 saturated heterocycles. The number of hydrogen-bond donors (Lipinski definition) is 1. The first-order valence-corrected chi connectivity index (χ1v) is 13.1. The highest BCUT2D eigenvalue weighted by molar-refractivity contribution is 8.33. The molecule has 1 aromatic heterocycles. The summed E-state index contributed by atoms with van der Waals surface area (Å²) >= 11 is 0. The van der Waals surface area contributed by atoms with Crippen LogP contribution in [-0.4, -0.2) is 39.5 Å². The SMILES string of the molecule is CCS(C)(c1ccc(OCC(=O)O)c(C)c1)c1cn(-c2ccc(C(F)(F)F)cc2)nc1C(C)C. The van der Waals surface area contributed by atoms with Crippen LogP contribution in [0, 0.1) is 6.92 Å². The maximum Gasteiger partial charge on any atom is 0.416 e. The van der Waals surface area contributed by atoms with E-state index in [-0.39, 0.29) is 5.92 Å². The Hall–Kier alpha value is -2.94. The second kappa shape index (κ2) is 9.74. The van der Waals surface area contributed by atoms with Crippen LogP contribution in [0.4, 0.5) is 13.2 Å². The molecular formula is C25H29F3N2O3S. The monoisotopic (exact) mass is 494 g/mol. The molecular weight excluding hydrogens is 465 g/mol. The smallest absolute Gasteiger partial charge is 0.416 e. The number of aliphatic carboxylic acids is 1. The van der Waals surface area contributed by atoms with Gasteiger partial charge in [-0.2, -0.15) is 28.3 Å². The van der Waals surface area contributed by atoms with Gasteiger partial charge < -0.3 is 9.84 Å². The highest BCUT2D eigenvalue weighted by Gasteiger charge is 2.31. The van der Waals surface area contributed by atoms with Gasteiger partial charge in [0.15, 0.2) is 6.61 Å². The lowest BCUT2D eigenvalue weighted by Gasteiger charge is -2.36. The predicted octanol–water partition coefficient (Wildman–Crippen LogP) is 6.66. The maximum atomic E-state index is 13.0. The summed E-state index contributed by atoms with van der Waals surface area (Å²) in [4.78, 5) is 13.0. The molecule has 0 bridgehead atoms. The normalized spacial score (nSPS) is 14.6. The summed E-state index contributed by atoms with van der Waals surface area (Å²) in [6, 6.07) is 10.8. The molecule has 0 aliphatic rings. The number of aromatic nitrogens is 2. The molecule has 1 N–H and O–H groups in total. The minimum atomic E-state index is -4.39. The molecule has 3 aromatic rings. The van der Waals surface area contributed by atoms with Gasteiger partial charge in [-0.1, -0.05) is 20.8 Å². The molecule has 0 saturated carbocycles. The molecule has 0 amide bonds. The fourth-order valence-corrected chi connectivity index (χ4v) is 6.48. The number of hydrogen-bond acceptors (Lipinski definition) is 3. The maximum absolute atomic E-state index is 13.0. The lowest BCUT2D eigenvalue weighted by Crippen LogP contribution is -2.10. The van der Waals surface area contributed by atoms with Gasteiger partial charge in [0.2, 0.25) is 0 Å². The molecule has 2 aromatic carbocycles. The van der Waals surface area contributed by atoms with Crippen LogP contribution in [0.3, 0.4) is 0 Å². The van der Waals surface area contributed by atoms with Crippen molar-refractivity contribution in [3.05, 3.63) is 65.5 Å². The third-order valence-corrected chi connectivity index (χ3v) is 9.53. The van der Waals surface area contributed by atoms with Crippen molar-refractivity contribution >= 4 is 16.0 Å². The largest absolute Gasteiger partial charge is 0.482 e. The highest BCUT2D eigenvalue weighted by atomic mass is 32.3. The fourth-order valence-electron chi connectivity index (χ4n) is 3.71. The van der Waals surface area contributed by atoms with E-state index in [1.165, 1.54) is 12.1 Å². The molecule has 34 heavy (non-hydrogen) atoms. The zero-order chi connectivity index (χ0) is 25.3. The number of benzene rings is 2. The Morgan fingerprint density at radius 1 is 1.18 bits per heavy atom. The fraction of sp³-hybridized carbons (Fsp3) is 0.360. The van der Waals surface area contributed by atoms with Crippen LogP contribution in [0.5, 0.6) is 5.75 Å². The second-order valence-corrected chi connectivity index (χ2v) is 12.2.